The van der Waals surface area contributed by atoms with Crippen molar-refractivity contribution in [3.8, 4) is 0 Å². The lowest BCUT2D eigenvalue weighted by Gasteiger charge is -2.17. The fourth-order valence-corrected chi connectivity index (χ4v) is 1.75. The largest absolute Gasteiger partial charge is 0.364 e. The zero-order chi connectivity index (χ0) is 14.7. The van der Waals surface area contributed by atoms with Crippen molar-refractivity contribution in [3.63, 3.8) is 0 Å². The number of nitrogens with zero attached hydrogens (tertiary/aromatic N) is 3. The highest BCUT2D eigenvalue weighted by molar-refractivity contribution is 5.90. The monoisotopic (exact) mass is 274 g/mol. The van der Waals surface area contributed by atoms with Crippen LogP contribution in [0.5, 0.6) is 0 Å². The Morgan fingerprint density at radius 2 is 2.05 bits per heavy atom. The van der Waals surface area contributed by atoms with Gasteiger partial charge in [-0.1, -0.05) is 12.1 Å². The summed E-state index contributed by atoms with van der Waals surface area (Å²) in [7, 11) is 1.81. The maximum absolute atomic E-state index is 13.5. The van der Waals surface area contributed by atoms with E-state index in [4.69, 9.17) is 5.73 Å². The molecule has 0 spiro atoms. The van der Waals surface area contributed by atoms with E-state index in [1.807, 2.05) is 18.0 Å². The summed E-state index contributed by atoms with van der Waals surface area (Å²) < 4.78 is 13.5. The highest BCUT2D eigenvalue weighted by atomic mass is 19.1. The first-order valence-corrected chi connectivity index (χ1v) is 6.07. The van der Waals surface area contributed by atoms with Gasteiger partial charge in [-0.3, -0.25) is 4.79 Å². The molecule has 0 aliphatic rings. The number of halogens is 1. The first kappa shape index (κ1) is 13.9. The highest BCUT2D eigenvalue weighted by Gasteiger charge is 2.08. The molecule has 0 unspecified atom stereocenters. The van der Waals surface area contributed by atoms with Crippen LogP contribution in [0.3, 0.4) is 0 Å². The van der Waals surface area contributed by atoms with Gasteiger partial charge in [0, 0.05) is 13.6 Å². The van der Waals surface area contributed by atoms with E-state index in [1.54, 1.807) is 19.1 Å². The van der Waals surface area contributed by atoms with Crippen LogP contribution in [0, 0.1) is 12.7 Å². The van der Waals surface area contributed by atoms with E-state index in [1.165, 1.54) is 12.1 Å². The summed E-state index contributed by atoms with van der Waals surface area (Å²) in [6.45, 7) is 2.21. The number of amides is 1. The minimum absolute atomic E-state index is 0.114. The van der Waals surface area contributed by atoms with Gasteiger partial charge in [-0.05, 0) is 36.2 Å². The van der Waals surface area contributed by atoms with Crippen molar-refractivity contribution < 1.29 is 9.18 Å². The lowest BCUT2D eigenvalue weighted by atomic mass is 10.1. The third-order valence-corrected chi connectivity index (χ3v) is 2.95. The number of aromatic nitrogens is 2. The average molecular weight is 274 g/mol. The van der Waals surface area contributed by atoms with Gasteiger partial charge in [-0.15, -0.1) is 10.2 Å². The molecule has 0 radical (unpaired) electrons. The number of hydrogen-bond donors (Lipinski definition) is 1. The van der Waals surface area contributed by atoms with Gasteiger partial charge in [-0.25, -0.2) is 4.39 Å². The molecule has 2 aromatic rings. The van der Waals surface area contributed by atoms with Gasteiger partial charge in [0.25, 0.3) is 5.91 Å². The van der Waals surface area contributed by atoms with Gasteiger partial charge >= 0.3 is 0 Å². The molecule has 0 fully saturated rings. The fourth-order valence-electron chi connectivity index (χ4n) is 1.75. The zero-order valence-electron chi connectivity index (χ0n) is 11.3. The lowest BCUT2D eigenvalue weighted by Crippen LogP contribution is -2.20. The molecular weight excluding hydrogens is 259 g/mol. The first-order valence-electron chi connectivity index (χ1n) is 6.07. The number of primary amides is 1. The van der Waals surface area contributed by atoms with Crippen LogP contribution in [0.2, 0.25) is 0 Å². The Morgan fingerprint density at radius 1 is 1.30 bits per heavy atom. The number of anilines is 1. The van der Waals surface area contributed by atoms with E-state index in [2.05, 4.69) is 10.2 Å². The number of carbonyl (C=O) groups is 1. The number of aryl methyl sites for hydroxylation is 1. The molecule has 0 aliphatic heterocycles. The molecular formula is C14H15FN4O. The van der Waals surface area contributed by atoms with Gasteiger partial charge in [0.05, 0.1) is 0 Å². The summed E-state index contributed by atoms with van der Waals surface area (Å²) in [5.41, 5.74) is 6.65. The summed E-state index contributed by atoms with van der Waals surface area (Å²) in [5.74, 6) is -0.269. The van der Waals surface area contributed by atoms with E-state index in [-0.39, 0.29) is 11.5 Å². The van der Waals surface area contributed by atoms with Crippen molar-refractivity contribution in [1.82, 2.24) is 10.2 Å². The minimum atomic E-state index is -0.618. The molecule has 6 heteroatoms. The Bertz CT molecular complexity index is 628. The predicted octanol–water partition coefficient (Wildman–Crippen LogP) is 1.66. The molecule has 1 amide bonds. The normalized spacial score (nSPS) is 10.3. The van der Waals surface area contributed by atoms with Crippen molar-refractivity contribution in [2.24, 2.45) is 5.73 Å². The molecule has 2 rings (SSSR count). The molecule has 5 nitrogen and oxygen atoms in total. The van der Waals surface area contributed by atoms with Crippen molar-refractivity contribution in [1.29, 1.82) is 0 Å². The lowest BCUT2D eigenvalue weighted by molar-refractivity contribution is 0.0994. The summed E-state index contributed by atoms with van der Waals surface area (Å²) in [4.78, 5) is 12.7. The van der Waals surface area contributed by atoms with Crippen molar-refractivity contribution in [2.45, 2.75) is 13.5 Å². The van der Waals surface area contributed by atoms with Crippen LogP contribution in [0.15, 0.2) is 30.3 Å². The number of rotatable bonds is 4. The predicted molar refractivity (Wildman–Crippen MR) is 73.8 cm³/mol. The van der Waals surface area contributed by atoms with E-state index in [0.717, 1.165) is 5.56 Å². The maximum atomic E-state index is 13.5. The summed E-state index contributed by atoms with van der Waals surface area (Å²) >= 11 is 0. The Labute approximate surface area is 116 Å². The van der Waals surface area contributed by atoms with Crippen LogP contribution in [0.25, 0.3) is 0 Å². The van der Waals surface area contributed by atoms with Crippen LogP contribution in [0.4, 0.5) is 10.2 Å². The minimum Gasteiger partial charge on any atom is -0.364 e. The zero-order valence-corrected chi connectivity index (χ0v) is 11.3. The summed E-state index contributed by atoms with van der Waals surface area (Å²) in [6.07, 6.45) is 0. The molecule has 1 heterocycles. The Kier molecular flexibility index (Phi) is 3.93. The van der Waals surface area contributed by atoms with Gasteiger partial charge in [-0.2, -0.15) is 0 Å². The van der Waals surface area contributed by atoms with Gasteiger partial charge in [0.1, 0.15) is 5.82 Å². The number of carbonyl (C=O) groups excluding carboxylic acids is 1. The summed E-state index contributed by atoms with van der Waals surface area (Å²) in [6, 6.07) is 8.26. The molecule has 0 atom stereocenters. The molecule has 0 aliphatic carbocycles. The van der Waals surface area contributed by atoms with Crippen LogP contribution in [-0.4, -0.2) is 23.2 Å². The van der Waals surface area contributed by atoms with Crippen LogP contribution < -0.4 is 10.6 Å². The molecule has 0 bridgehead atoms. The van der Waals surface area contributed by atoms with E-state index >= 15 is 0 Å². The quantitative estimate of drug-likeness (QED) is 0.920. The number of nitrogens with two attached hydrogens (primary N) is 1. The third-order valence-electron chi connectivity index (χ3n) is 2.95. The molecule has 20 heavy (non-hydrogen) atoms. The topological polar surface area (TPSA) is 72.1 Å². The van der Waals surface area contributed by atoms with Gasteiger partial charge < -0.3 is 10.6 Å². The van der Waals surface area contributed by atoms with Crippen LogP contribution >= 0.6 is 0 Å². The Morgan fingerprint density at radius 3 is 2.60 bits per heavy atom. The maximum Gasteiger partial charge on any atom is 0.269 e. The van der Waals surface area contributed by atoms with Gasteiger partial charge in [0.15, 0.2) is 11.5 Å². The van der Waals surface area contributed by atoms with Crippen molar-refractivity contribution in [2.75, 3.05) is 11.9 Å². The second-order valence-corrected chi connectivity index (χ2v) is 4.58. The fraction of sp³-hybridized carbons (Fsp3) is 0.214. The number of hydrogen-bond acceptors (Lipinski definition) is 4. The summed E-state index contributed by atoms with van der Waals surface area (Å²) in [5, 5.41) is 7.65. The molecule has 2 N–H and O–H groups in total. The van der Waals surface area contributed by atoms with Crippen molar-refractivity contribution >= 4 is 11.7 Å². The van der Waals surface area contributed by atoms with E-state index < -0.39 is 5.91 Å². The smallest absolute Gasteiger partial charge is 0.269 e. The standard InChI is InChI=1S/C14H15FN4O/c1-9-3-4-10(7-11(9)15)8-19(2)13-6-5-12(14(16)20)17-18-13/h3-7H,8H2,1-2H3,(H2,16,20). The SMILES string of the molecule is Cc1ccc(CN(C)c2ccc(C(N)=O)nn2)cc1F. The average Bonchev–Trinajstić information content (AvgIpc) is 2.43. The molecule has 0 saturated heterocycles. The highest BCUT2D eigenvalue weighted by Crippen LogP contribution is 2.14. The Balaban J connectivity index is 2.12. The Hall–Kier alpha value is -2.50. The molecule has 104 valence electrons. The van der Waals surface area contributed by atoms with Crippen LogP contribution in [0.1, 0.15) is 21.6 Å². The molecule has 1 aromatic heterocycles. The second-order valence-electron chi connectivity index (χ2n) is 4.58. The molecule has 0 saturated carbocycles. The van der Waals surface area contributed by atoms with Crippen LogP contribution in [-0.2, 0) is 6.54 Å². The van der Waals surface area contributed by atoms with Crippen molar-refractivity contribution in [3.05, 3.63) is 53.0 Å². The van der Waals surface area contributed by atoms with Gasteiger partial charge in [0.2, 0.25) is 0 Å². The van der Waals surface area contributed by atoms with E-state index in [0.29, 0.717) is 17.9 Å². The molecule has 1 aromatic carbocycles. The number of benzene rings is 1. The van der Waals surface area contributed by atoms with E-state index in [9.17, 15) is 9.18 Å². The first-order chi connectivity index (χ1) is 9.47. The third kappa shape index (κ3) is 3.09. The second kappa shape index (κ2) is 5.64.